The van der Waals surface area contributed by atoms with Crippen LogP contribution in [0.3, 0.4) is 0 Å². The molecule has 176 valence electrons. The molecule has 1 spiro atoms. The summed E-state index contributed by atoms with van der Waals surface area (Å²) in [5.74, 6) is 0.533. The van der Waals surface area contributed by atoms with Gasteiger partial charge in [-0.1, -0.05) is 27.2 Å². The number of urea groups is 1. The Kier molecular flexibility index (Phi) is 6.13. The summed E-state index contributed by atoms with van der Waals surface area (Å²) < 4.78 is 0. The number of rotatable bonds is 6. The smallest absolute Gasteiger partial charge is 0.325 e. The second-order valence-corrected chi connectivity index (χ2v) is 10.1. The number of nitrogens with zero attached hydrogens (tertiary/aromatic N) is 4. The number of piperidine rings is 1. The second kappa shape index (κ2) is 8.71. The highest BCUT2D eigenvalue weighted by Crippen LogP contribution is 2.45. The Morgan fingerprint density at radius 1 is 1.19 bits per heavy atom. The van der Waals surface area contributed by atoms with Gasteiger partial charge in [0.1, 0.15) is 12.1 Å². The lowest BCUT2D eigenvalue weighted by molar-refractivity contribution is -0.135. The molecule has 1 aromatic heterocycles. The fourth-order valence-corrected chi connectivity index (χ4v) is 5.20. The van der Waals surface area contributed by atoms with Crippen molar-refractivity contribution in [2.24, 2.45) is 11.3 Å². The third-order valence-electron chi connectivity index (χ3n) is 7.77. The Hall–Kier alpha value is -2.65. The van der Waals surface area contributed by atoms with E-state index in [-0.39, 0.29) is 23.8 Å². The van der Waals surface area contributed by atoms with Crippen LogP contribution in [0.2, 0.25) is 0 Å². The van der Waals surface area contributed by atoms with Crippen LogP contribution in [0.25, 0.3) is 0 Å². The van der Waals surface area contributed by atoms with E-state index in [1.54, 1.807) is 0 Å². The van der Waals surface area contributed by atoms with Gasteiger partial charge in [0.25, 0.3) is 5.91 Å². The fraction of sp³-hybridized carbons (Fsp3) is 0.773. The van der Waals surface area contributed by atoms with Crippen molar-refractivity contribution in [3.8, 4) is 0 Å². The van der Waals surface area contributed by atoms with Crippen molar-refractivity contribution in [2.75, 3.05) is 29.9 Å². The highest BCUT2D eigenvalue weighted by molar-refractivity contribution is 6.10. The van der Waals surface area contributed by atoms with Crippen molar-refractivity contribution in [3.05, 3.63) is 0 Å². The second-order valence-electron chi connectivity index (χ2n) is 10.1. The van der Waals surface area contributed by atoms with Gasteiger partial charge in [-0.3, -0.25) is 19.8 Å². The number of anilines is 2. The molecule has 1 saturated carbocycles. The van der Waals surface area contributed by atoms with Gasteiger partial charge in [0.15, 0.2) is 0 Å². The fourth-order valence-electron chi connectivity index (χ4n) is 5.20. The topological polar surface area (TPSA) is 123 Å². The monoisotopic (exact) mass is 445 g/mol. The van der Waals surface area contributed by atoms with E-state index in [1.165, 1.54) is 6.42 Å². The maximum Gasteiger partial charge on any atom is 0.325 e. The summed E-state index contributed by atoms with van der Waals surface area (Å²) >= 11 is 0. The van der Waals surface area contributed by atoms with Crippen LogP contribution in [-0.2, 0) is 9.59 Å². The molecule has 0 unspecified atom stereocenters. The Morgan fingerprint density at radius 3 is 2.53 bits per heavy atom. The van der Waals surface area contributed by atoms with Crippen molar-refractivity contribution in [1.82, 2.24) is 25.4 Å². The lowest BCUT2D eigenvalue weighted by Crippen LogP contribution is -2.51. The van der Waals surface area contributed by atoms with Crippen LogP contribution in [0.4, 0.5) is 16.7 Å². The molecule has 1 aromatic rings. The number of hydrogen-bond donors (Lipinski definition) is 3. The van der Waals surface area contributed by atoms with E-state index in [9.17, 15) is 14.4 Å². The van der Waals surface area contributed by atoms with Gasteiger partial charge in [-0.25, -0.2) is 9.89 Å². The zero-order valence-corrected chi connectivity index (χ0v) is 19.4. The molecule has 4 amide bonds. The van der Waals surface area contributed by atoms with E-state index in [0.29, 0.717) is 24.7 Å². The zero-order chi connectivity index (χ0) is 22.9. The minimum absolute atomic E-state index is 0.219. The molecule has 10 heteroatoms. The first-order valence-corrected chi connectivity index (χ1v) is 11.9. The molecule has 1 aliphatic carbocycles. The van der Waals surface area contributed by atoms with Gasteiger partial charge in [-0.15, -0.1) is 5.10 Å². The average Bonchev–Trinajstić information content (AvgIpc) is 3.33. The molecular weight excluding hydrogens is 410 g/mol. The highest BCUT2D eigenvalue weighted by Gasteiger charge is 2.53. The van der Waals surface area contributed by atoms with Crippen molar-refractivity contribution in [3.63, 3.8) is 0 Å². The predicted octanol–water partition coefficient (Wildman–Crippen LogP) is 2.65. The Balaban J connectivity index is 1.34. The molecule has 3 N–H and O–H groups in total. The van der Waals surface area contributed by atoms with Crippen LogP contribution in [-0.4, -0.2) is 63.1 Å². The van der Waals surface area contributed by atoms with Gasteiger partial charge in [-0.2, -0.15) is 4.98 Å². The number of carbonyl (C=O) groups is 3. The Bertz CT molecular complexity index is 867. The molecule has 3 heterocycles. The summed E-state index contributed by atoms with van der Waals surface area (Å²) in [4.78, 5) is 45.7. The number of imide groups is 1. The molecule has 0 radical (unpaired) electrons. The molecular formula is C22H35N7O3. The van der Waals surface area contributed by atoms with Gasteiger partial charge in [0, 0.05) is 13.1 Å². The average molecular weight is 446 g/mol. The van der Waals surface area contributed by atoms with E-state index >= 15 is 0 Å². The van der Waals surface area contributed by atoms with Crippen molar-refractivity contribution < 1.29 is 14.4 Å². The molecule has 3 fully saturated rings. The van der Waals surface area contributed by atoms with E-state index in [0.717, 1.165) is 50.1 Å². The number of amides is 4. The van der Waals surface area contributed by atoms with Crippen molar-refractivity contribution >= 4 is 29.7 Å². The SMILES string of the molecule is CCC(C)(C)C1CCC2(CC1)NC(=O)N(CC(=O)Nc1nc(N3CCCCC3)n[nH]1)C2=O. The summed E-state index contributed by atoms with van der Waals surface area (Å²) in [7, 11) is 0. The van der Waals surface area contributed by atoms with E-state index in [2.05, 4.69) is 51.5 Å². The maximum atomic E-state index is 13.1. The largest absolute Gasteiger partial charge is 0.340 e. The molecule has 2 aliphatic heterocycles. The van der Waals surface area contributed by atoms with Gasteiger partial charge < -0.3 is 10.2 Å². The quantitative estimate of drug-likeness (QED) is 0.579. The van der Waals surface area contributed by atoms with Crippen LogP contribution in [0.5, 0.6) is 0 Å². The first-order valence-electron chi connectivity index (χ1n) is 11.9. The molecule has 4 rings (SSSR count). The number of nitrogens with one attached hydrogen (secondary N) is 3. The number of aromatic nitrogens is 3. The molecule has 0 bridgehead atoms. The zero-order valence-electron chi connectivity index (χ0n) is 19.4. The van der Waals surface area contributed by atoms with Gasteiger partial charge >= 0.3 is 6.03 Å². The number of H-pyrrole nitrogens is 1. The minimum Gasteiger partial charge on any atom is -0.340 e. The van der Waals surface area contributed by atoms with Crippen molar-refractivity contribution in [1.29, 1.82) is 0 Å². The molecule has 0 aromatic carbocycles. The van der Waals surface area contributed by atoms with Crippen LogP contribution in [0.15, 0.2) is 0 Å². The first kappa shape index (κ1) is 22.5. The third-order valence-corrected chi connectivity index (χ3v) is 7.77. The van der Waals surface area contributed by atoms with Crippen LogP contribution in [0.1, 0.15) is 72.1 Å². The minimum atomic E-state index is -0.870. The molecule has 32 heavy (non-hydrogen) atoms. The summed E-state index contributed by atoms with van der Waals surface area (Å²) in [6.45, 7) is 8.18. The number of hydrogen-bond acceptors (Lipinski definition) is 6. The van der Waals surface area contributed by atoms with Crippen LogP contribution >= 0.6 is 0 Å². The van der Waals surface area contributed by atoms with E-state index in [4.69, 9.17) is 0 Å². The van der Waals surface area contributed by atoms with Gasteiger partial charge in [0.05, 0.1) is 0 Å². The Labute approximate surface area is 188 Å². The highest BCUT2D eigenvalue weighted by atomic mass is 16.2. The summed E-state index contributed by atoms with van der Waals surface area (Å²) in [6, 6.07) is -0.495. The molecule has 2 saturated heterocycles. The first-order chi connectivity index (χ1) is 15.2. The Morgan fingerprint density at radius 2 is 1.88 bits per heavy atom. The molecule has 0 atom stereocenters. The number of carbonyl (C=O) groups excluding carboxylic acids is 3. The van der Waals surface area contributed by atoms with Crippen LogP contribution < -0.4 is 15.5 Å². The van der Waals surface area contributed by atoms with E-state index < -0.39 is 17.5 Å². The normalized spacial score (nSPS) is 26.5. The number of aromatic amines is 1. The predicted molar refractivity (Wildman–Crippen MR) is 120 cm³/mol. The lowest BCUT2D eigenvalue weighted by Gasteiger charge is -2.42. The van der Waals surface area contributed by atoms with E-state index in [1.807, 2.05) is 0 Å². The summed E-state index contributed by atoms with van der Waals surface area (Å²) in [6.07, 6.45) is 7.50. The van der Waals surface area contributed by atoms with Gasteiger partial charge in [-0.05, 0) is 56.3 Å². The summed E-state index contributed by atoms with van der Waals surface area (Å²) in [5, 5.41) is 12.4. The lowest BCUT2D eigenvalue weighted by atomic mass is 9.65. The standard InChI is InChI=1S/C22H35N7O3/c1-4-21(2,3)15-8-10-22(11-9-15)17(31)29(20(32)25-22)14-16(30)23-18-24-19(27-26-18)28-12-6-5-7-13-28/h15H,4-14H2,1-3H3,(H,25,32)(H2,23,24,26,27,30). The molecule has 10 nitrogen and oxygen atoms in total. The summed E-state index contributed by atoms with van der Waals surface area (Å²) in [5.41, 5.74) is -0.650. The third kappa shape index (κ3) is 4.31. The van der Waals surface area contributed by atoms with Crippen LogP contribution in [0, 0.1) is 11.3 Å². The molecule has 3 aliphatic rings. The van der Waals surface area contributed by atoms with Crippen molar-refractivity contribution in [2.45, 2.75) is 77.7 Å². The maximum absolute atomic E-state index is 13.1. The van der Waals surface area contributed by atoms with Gasteiger partial charge in [0.2, 0.25) is 17.8 Å².